The molecule has 196 valence electrons. The summed E-state index contributed by atoms with van der Waals surface area (Å²) in [5.74, 6) is -0.794. The third-order valence-electron chi connectivity index (χ3n) is 5.99. The van der Waals surface area contributed by atoms with Crippen LogP contribution < -0.4 is 9.62 Å². The molecule has 0 aliphatic carbocycles. The predicted molar refractivity (Wildman–Crippen MR) is 150 cm³/mol. The Morgan fingerprint density at radius 2 is 1.43 bits per heavy atom. The lowest BCUT2D eigenvalue weighted by Crippen LogP contribution is -2.51. The number of nitrogens with zero attached hydrogens (tertiary/aromatic N) is 2. The minimum absolute atomic E-state index is 0.0793. The first-order valence-electron chi connectivity index (χ1n) is 12.0. The van der Waals surface area contributed by atoms with Gasteiger partial charge in [0.15, 0.2) is 0 Å². The first-order chi connectivity index (χ1) is 17.5. The van der Waals surface area contributed by atoms with E-state index < -0.39 is 28.5 Å². The van der Waals surface area contributed by atoms with E-state index in [0.29, 0.717) is 12.2 Å². The molecule has 37 heavy (non-hydrogen) atoms. The van der Waals surface area contributed by atoms with E-state index in [4.69, 9.17) is 0 Å². The topological polar surface area (TPSA) is 86.8 Å². The molecule has 3 rings (SSSR count). The molecule has 0 radical (unpaired) electrons. The predicted octanol–water partition coefficient (Wildman–Crippen LogP) is 4.81. The fraction of sp³-hybridized carbons (Fsp3) is 0.286. The Morgan fingerprint density at radius 3 is 1.97 bits per heavy atom. The van der Waals surface area contributed by atoms with Gasteiger partial charge in [-0.15, -0.1) is 0 Å². The molecule has 1 N–H and O–H groups in total. The summed E-state index contributed by atoms with van der Waals surface area (Å²) in [5.41, 5.74) is 3.18. The van der Waals surface area contributed by atoms with Crippen molar-refractivity contribution in [2.45, 2.75) is 45.2 Å². The number of hydrogen-bond acceptors (Lipinski definition) is 4. The molecule has 1 atom stereocenters. The van der Waals surface area contributed by atoms with Crippen molar-refractivity contribution in [2.24, 2.45) is 0 Å². The van der Waals surface area contributed by atoms with Crippen LogP contribution in [0.3, 0.4) is 0 Å². The number of carbonyl (C=O) groups is 2. The average molecular weight is 587 g/mol. The van der Waals surface area contributed by atoms with E-state index in [1.165, 1.54) is 17.0 Å². The molecule has 3 aromatic carbocycles. The Bertz CT molecular complexity index is 1330. The smallest absolute Gasteiger partial charge is 0.264 e. The van der Waals surface area contributed by atoms with Crippen LogP contribution in [0.15, 0.2) is 82.2 Å². The Labute approximate surface area is 227 Å². The van der Waals surface area contributed by atoms with Gasteiger partial charge in [-0.2, -0.15) is 0 Å². The molecule has 0 heterocycles. The lowest BCUT2D eigenvalue weighted by Gasteiger charge is -2.32. The van der Waals surface area contributed by atoms with Gasteiger partial charge in [0.25, 0.3) is 10.0 Å². The molecular formula is C28H32BrN3O4S. The molecule has 0 bridgehead atoms. The summed E-state index contributed by atoms with van der Waals surface area (Å²) in [6, 6.07) is 20.1. The van der Waals surface area contributed by atoms with Crippen molar-refractivity contribution in [2.75, 3.05) is 17.4 Å². The maximum absolute atomic E-state index is 13.8. The molecule has 0 saturated heterocycles. The molecule has 0 aromatic heterocycles. The number of nitrogens with one attached hydrogen (secondary N) is 1. The van der Waals surface area contributed by atoms with E-state index in [0.717, 1.165) is 25.5 Å². The van der Waals surface area contributed by atoms with Crippen molar-refractivity contribution in [3.8, 4) is 0 Å². The molecule has 2 amide bonds. The minimum Gasteiger partial charge on any atom is -0.355 e. The normalized spacial score (nSPS) is 12.0. The highest BCUT2D eigenvalue weighted by atomic mass is 79.9. The lowest BCUT2D eigenvalue weighted by atomic mass is 10.1. The van der Waals surface area contributed by atoms with Crippen LogP contribution in [0.1, 0.15) is 30.5 Å². The third-order valence-corrected chi connectivity index (χ3v) is 8.31. The fourth-order valence-electron chi connectivity index (χ4n) is 3.77. The van der Waals surface area contributed by atoms with E-state index in [1.807, 2.05) is 38.1 Å². The summed E-state index contributed by atoms with van der Waals surface area (Å²) in [4.78, 5) is 28.0. The maximum atomic E-state index is 13.8. The molecule has 0 aliphatic heterocycles. The maximum Gasteiger partial charge on any atom is 0.264 e. The van der Waals surface area contributed by atoms with Crippen LogP contribution in [0, 0.1) is 13.8 Å². The van der Waals surface area contributed by atoms with Crippen LogP contribution in [-0.2, 0) is 26.2 Å². The van der Waals surface area contributed by atoms with Crippen molar-refractivity contribution < 1.29 is 18.0 Å². The van der Waals surface area contributed by atoms with Crippen LogP contribution in [-0.4, -0.2) is 44.3 Å². The molecule has 0 saturated carbocycles. The summed E-state index contributed by atoms with van der Waals surface area (Å²) >= 11 is 3.38. The van der Waals surface area contributed by atoms with Crippen LogP contribution >= 0.6 is 15.9 Å². The standard InChI is InChI=1S/C28H32BrN3O4S/c1-5-30-28(34)22(4)31(18-23-10-6-20(2)7-11-23)27(33)19-32(25-14-12-24(29)13-15-25)37(35,36)26-16-8-21(3)9-17-26/h6-17,22H,5,18-19H2,1-4H3,(H,30,34)/t22-/m1/s1. The highest BCUT2D eigenvalue weighted by molar-refractivity contribution is 9.10. The first kappa shape index (κ1) is 28.4. The molecule has 0 fully saturated rings. The molecule has 0 unspecified atom stereocenters. The van der Waals surface area contributed by atoms with Crippen molar-refractivity contribution in [3.05, 3.63) is 94.0 Å². The fourth-order valence-corrected chi connectivity index (χ4v) is 5.45. The largest absolute Gasteiger partial charge is 0.355 e. The Kier molecular flexibility index (Phi) is 9.50. The second kappa shape index (κ2) is 12.4. The van der Waals surface area contributed by atoms with Gasteiger partial charge in [0.2, 0.25) is 11.8 Å². The van der Waals surface area contributed by atoms with Gasteiger partial charge in [0.1, 0.15) is 12.6 Å². The monoisotopic (exact) mass is 585 g/mol. The number of aryl methyl sites for hydroxylation is 2. The molecule has 9 heteroatoms. The number of rotatable bonds is 10. The number of amides is 2. The quantitative estimate of drug-likeness (QED) is 0.370. The number of likely N-dealkylation sites (N-methyl/N-ethyl adjacent to an activating group) is 1. The molecule has 0 aliphatic rings. The second-order valence-electron chi connectivity index (χ2n) is 8.88. The van der Waals surface area contributed by atoms with E-state index >= 15 is 0 Å². The van der Waals surface area contributed by atoms with Gasteiger partial charge in [-0.1, -0.05) is 63.5 Å². The van der Waals surface area contributed by atoms with Crippen LogP contribution in [0.5, 0.6) is 0 Å². The number of halogens is 1. The van der Waals surface area contributed by atoms with E-state index in [1.54, 1.807) is 50.2 Å². The van der Waals surface area contributed by atoms with Gasteiger partial charge in [-0.25, -0.2) is 8.42 Å². The molecule has 3 aromatic rings. The summed E-state index contributed by atoms with van der Waals surface area (Å²) in [6.45, 7) is 7.41. The Hall–Kier alpha value is -3.17. The highest BCUT2D eigenvalue weighted by Crippen LogP contribution is 2.26. The lowest BCUT2D eigenvalue weighted by molar-refractivity contribution is -0.139. The Morgan fingerprint density at radius 1 is 0.892 bits per heavy atom. The van der Waals surface area contributed by atoms with E-state index in [2.05, 4.69) is 21.2 Å². The van der Waals surface area contributed by atoms with Gasteiger partial charge >= 0.3 is 0 Å². The van der Waals surface area contributed by atoms with Gasteiger partial charge in [0, 0.05) is 17.6 Å². The number of benzene rings is 3. The number of hydrogen-bond donors (Lipinski definition) is 1. The van der Waals surface area contributed by atoms with Crippen molar-refractivity contribution in [1.82, 2.24) is 10.2 Å². The van der Waals surface area contributed by atoms with Gasteiger partial charge in [0.05, 0.1) is 10.6 Å². The van der Waals surface area contributed by atoms with Gasteiger partial charge in [-0.3, -0.25) is 13.9 Å². The van der Waals surface area contributed by atoms with Crippen molar-refractivity contribution in [1.29, 1.82) is 0 Å². The SMILES string of the molecule is CCNC(=O)[C@@H](C)N(Cc1ccc(C)cc1)C(=O)CN(c1ccc(Br)cc1)S(=O)(=O)c1ccc(C)cc1. The zero-order chi connectivity index (χ0) is 27.2. The number of carbonyl (C=O) groups excluding carboxylic acids is 2. The van der Waals surface area contributed by atoms with E-state index in [-0.39, 0.29) is 17.3 Å². The summed E-state index contributed by atoms with van der Waals surface area (Å²) in [5, 5.41) is 2.76. The van der Waals surface area contributed by atoms with Crippen LogP contribution in [0.4, 0.5) is 5.69 Å². The van der Waals surface area contributed by atoms with Crippen LogP contribution in [0.25, 0.3) is 0 Å². The van der Waals surface area contributed by atoms with Gasteiger partial charge in [-0.05, 0) is 69.7 Å². The van der Waals surface area contributed by atoms with Crippen molar-refractivity contribution in [3.63, 3.8) is 0 Å². The number of sulfonamides is 1. The van der Waals surface area contributed by atoms with Crippen molar-refractivity contribution >= 4 is 43.5 Å². The molecule has 0 spiro atoms. The van der Waals surface area contributed by atoms with Crippen LogP contribution in [0.2, 0.25) is 0 Å². The molecule has 7 nitrogen and oxygen atoms in total. The second-order valence-corrected chi connectivity index (χ2v) is 11.7. The summed E-state index contributed by atoms with van der Waals surface area (Å²) < 4.78 is 29.4. The summed E-state index contributed by atoms with van der Waals surface area (Å²) in [7, 11) is -4.08. The average Bonchev–Trinajstić information content (AvgIpc) is 2.87. The van der Waals surface area contributed by atoms with Gasteiger partial charge < -0.3 is 10.2 Å². The molecular weight excluding hydrogens is 554 g/mol. The zero-order valence-electron chi connectivity index (χ0n) is 21.4. The third kappa shape index (κ3) is 7.20. The highest BCUT2D eigenvalue weighted by Gasteiger charge is 2.32. The summed E-state index contributed by atoms with van der Waals surface area (Å²) in [6.07, 6.45) is 0. The Balaban J connectivity index is 2.01. The minimum atomic E-state index is -4.08. The zero-order valence-corrected chi connectivity index (χ0v) is 23.8. The van der Waals surface area contributed by atoms with E-state index in [9.17, 15) is 18.0 Å². The number of anilines is 1. The first-order valence-corrected chi connectivity index (χ1v) is 14.2.